The average molecular weight is 686 g/mol. The van der Waals surface area contributed by atoms with Crippen molar-refractivity contribution in [2.45, 2.75) is 44.0 Å². The standard InChI is InChI=1S/C35H38Cl2N2O8/c1-44-27-5-2-22(3-6-27)20-45-32-16-31(28(15-29(32)37)33(41)39-11-8-23(18-39)34(42)43)46-21-26(40)19-38-12-9-35(10-13-38)17-24-14-25(36)4-7-30(24)47-35/h2-7,14-16,23,26,40H,8-13,17-21H2,1H3,(H,42,43)/t23?,26-/m0/s1. The summed E-state index contributed by atoms with van der Waals surface area (Å²) in [6.45, 7) is 2.45. The summed E-state index contributed by atoms with van der Waals surface area (Å²) in [5.41, 5.74) is 1.95. The fraction of sp³-hybridized carbons (Fsp3) is 0.429. The molecule has 2 saturated heterocycles. The molecule has 3 aliphatic rings. The number of halogens is 2. The number of piperidine rings is 1. The lowest BCUT2D eigenvalue weighted by Gasteiger charge is -2.39. The van der Waals surface area contributed by atoms with E-state index in [1.165, 1.54) is 11.0 Å². The molecule has 0 saturated carbocycles. The number of carbonyl (C=O) groups is 2. The van der Waals surface area contributed by atoms with E-state index in [0.29, 0.717) is 30.3 Å². The molecular formula is C35H38Cl2N2O8. The zero-order chi connectivity index (χ0) is 33.1. The van der Waals surface area contributed by atoms with E-state index < -0.39 is 18.0 Å². The second-order valence-corrected chi connectivity index (χ2v) is 13.3. The van der Waals surface area contributed by atoms with E-state index >= 15 is 0 Å². The maximum absolute atomic E-state index is 13.6. The van der Waals surface area contributed by atoms with Gasteiger partial charge < -0.3 is 39.0 Å². The van der Waals surface area contributed by atoms with Crippen LogP contribution < -0.4 is 18.9 Å². The molecule has 3 heterocycles. The van der Waals surface area contributed by atoms with Crippen LogP contribution in [0.15, 0.2) is 54.6 Å². The van der Waals surface area contributed by atoms with Crippen LogP contribution in [-0.2, 0) is 17.8 Å². The van der Waals surface area contributed by atoms with Gasteiger partial charge in [-0.2, -0.15) is 0 Å². The normalized spacial score (nSPS) is 19.2. The number of fused-ring (bicyclic) bond motifs is 1. The van der Waals surface area contributed by atoms with Crippen LogP contribution in [0.3, 0.4) is 0 Å². The number of β-amino-alcohol motifs (C(OH)–C–C–N with tert-alkyl or cyclic N) is 1. The Morgan fingerprint density at radius 2 is 1.79 bits per heavy atom. The third kappa shape index (κ3) is 7.73. The molecule has 0 radical (unpaired) electrons. The van der Waals surface area contributed by atoms with Crippen molar-refractivity contribution < 1.29 is 38.7 Å². The number of aliphatic carboxylic acids is 1. The number of ether oxygens (including phenoxy) is 4. The first-order chi connectivity index (χ1) is 22.6. The van der Waals surface area contributed by atoms with E-state index in [1.807, 2.05) is 42.5 Å². The topological polar surface area (TPSA) is 118 Å². The van der Waals surface area contributed by atoms with E-state index in [-0.39, 0.29) is 47.6 Å². The first-order valence-electron chi connectivity index (χ1n) is 15.7. The Morgan fingerprint density at radius 3 is 2.49 bits per heavy atom. The molecule has 2 atom stereocenters. The Kier molecular flexibility index (Phi) is 10.0. The van der Waals surface area contributed by atoms with Gasteiger partial charge in [0.25, 0.3) is 5.91 Å². The Balaban J connectivity index is 1.10. The smallest absolute Gasteiger partial charge is 0.308 e. The van der Waals surface area contributed by atoms with Crippen molar-refractivity contribution in [1.29, 1.82) is 0 Å². The van der Waals surface area contributed by atoms with Gasteiger partial charge in [-0.3, -0.25) is 9.59 Å². The number of aliphatic hydroxyl groups is 1. The second kappa shape index (κ2) is 14.2. The van der Waals surface area contributed by atoms with Crippen molar-refractivity contribution in [3.8, 4) is 23.0 Å². The summed E-state index contributed by atoms with van der Waals surface area (Å²) in [4.78, 5) is 28.8. The second-order valence-electron chi connectivity index (χ2n) is 12.5. The Bertz CT molecular complexity index is 1610. The molecule has 12 heteroatoms. The van der Waals surface area contributed by atoms with Crippen LogP contribution in [0.2, 0.25) is 10.0 Å². The lowest BCUT2D eigenvalue weighted by Crippen LogP contribution is -2.49. The van der Waals surface area contributed by atoms with Crippen molar-refractivity contribution >= 4 is 35.1 Å². The Morgan fingerprint density at radius 1 is 1.02 bits per heavy atom. The van der Waals surface area contributed by atoms with Gasteiger partial charge in [0.05, 0.1) is 23.6 Å². The fourth-order valence-electron chi connectivity index (χ4n) is 6.49. The van der Waals surface area contributed by atoms with Gasteiger partial charge in [0.2, 0.25) is 0 Å². The van der Waals surface area contributed by atoms with Crippen molar-refractivity contribution in [2.24, 2.45) is 5.92 Å². The maximum Gasteiger partial charge on any atom is 0.308 e. The van der Waals surface area contributed by atoms with E-state index in [0.717, 1.165) is 55.0 Å². The zero-order valence-electron chi connectivity index (χ0n) is 26.1. The molecule has 3 aromatic carbocycles. The summed E-state index contributed by atoms with van der Waals surface area (Å²) < 4.78 is 23.7. The molecule has 3 aromatic rings. The number of carboxylic acids is 1. The van der Waals surface area contributed by atoms with Gasteiger partial charge in [0.1, 0.15) is 47.9 Å². The van der Waals surface area contributed by atoms with Gasteiger partial charge in [-0.15, -0.1) is 0 Å². The first-order valence-corrected chi connectivity index (χ1v) is 16.5. The van der Waals surface area contributed by atoms with Gasteiger partial charge in [-0.25, -0.2) is 0 Å². The number of nitrogens with zero attached hydrogens (tertiary/aromatic N) is 2. The molecule has 0 bridgehead atoms. The van der Waals surface area contributed by atoms with Crippen LogP contribution in [0.5, 0.6) is 23.0 Å². The van der Waals surface area contributed by atoms with Crippen LogP contribution in [0.1, 0.15) is 40.7 Å². The Hall–Kier alpha value is -3.70. The van der Waals surface area contributed by atoms with Gasteiger partial charge in [0.15, 0.2) is 0 Å². The minimum absolute atomic E-state index is 0.0698. The summed E-state index contributed by atoms with van der Waals surface area (Å²) in [7, 11) is 1.60. The number of likely N-dealkylation sites (tertiary alicyclic amines) is 2. The SMILES string of the molecule is COc1ccc(COc2cc(OC[C@@H](O)CN3CCC4(CC3)Cc3cc(Cl)ccc3O4)c(C(=O)N3CCC(C(=O)O)C3)cc2Cl)cc1. The van der Waals surface area contributed by atoms with Crippen molar-refractivity contribution in [1.82, 2.24) is 9.80 Å². The van der Waals surface area contributed by atoms with Crippen LogP contribution in [-0.4, -0.2) is 90.0 Å². The molecule has 47 heavy (non-hydrogen) atoms. The summed E-state index contributed by atoms with van der Waals surface area (Å²) >= 11 is 12.8. The maximum atomic E-state index is 13.6. The van der Waals surface area contributed by atoms with Crippen LogP contribution >= 0.6 is 23.2 Å². The molecule has 10 nitrogen and oxygen atoms in total. The minimum atomic E-state index is -0.933. The number of carboxylic acid groups (broad SMARTS) is 1. The van der Waals surface area contributed by atoms with Crippen LogP contribution in [0.25, 0.3) is 0 Å². The average Bonchev–Trinajstić information content (AvgIpc) is 3.70. The van der Waals surface area contributed by atoms with Gasteiger partial charge in [0, 0.05) is 63.1 Å². The molecule has 0 aromatic heterocycles. The highest BCUT2D eigenvalue weighted by Gasteiger charge is 2.42. The number of methoxy groups -OCH3 is 1. The Labute approximate surface area is 283 Å². The third-order valence-electron chi connectivity index (χ3n) is 9.17. The number of carbonyl (C=O) groups excluding carboxylic acids is 1. The number of amides is 1. The summed E-state index contributed by atoms with van der Waals surface area (Å²) in [5, 5.41) is 21.4. The van der Waals surface area contributed by atoms with Crippen molar-refractivity contribution in [3.05, 3.63) is 81.3 Å². The van der Waals surface area contributed by atoms with E-state index in [9.17, 15) is 19.8 Å². The quantitative estimate of drug-likeness (QED) is 0.276. The van der Waals surface area contributed by atoms with Gasteiger partial charge in [-0.1, -0.05) is 35.3 Å². The fourth-order valence-corrected chi connectivity index (χ4v) is 6.91. The highest BCUT2D eigenvalue weighted by atomic mass is 35.5. The summed E-state index contributed by atoms with van der Waals surface area (Å²) in [6.07, 6.45) is 2.00. The predicted octanol–water partition coefficient (Wildman–Crippen LogP) is 5.34. The van der Waals surface area contributed by atoms with Crippen molar-refractivity contribution in [3.63, 3.8) is 0 Å². The number of aliphatic hydroxyl groups excluding tert-OH is 1. The predicted molar refractivity (Wildman–Crippen MR) is 176 cm³/mol. The highest BCUT2D eigenvalue weighted by Crippen LogP contribution is 2.42. The molecule has 250 valence electrons. The molecule has 2 fully saturated rings. The summed E-state index contributed by atoms with van der Waals surface area (Å²) in [5.74, 6) is 0.188. The monoisotopic (exact) mass is 684 g/mol. The summed E-state index contributed by atoms with van der Waals surface area (Å²) in [6, 6.07) is 16.2. The number of hydrogen-bond acceptors (Lipinski definition) is 8. The molecule has 1 unspecified atom stereocenters. The van der Waals surface area contributed by atoms with Crippen molar-refractivity contribution in [2.75, 3.05) is 46.4 Å². The van der Waals surface area contributed by atoms with E-state index in [2.05, 4.69) is 4.90 Å². The molecule has 0 aliphatic carbocycles. The zero-order valence-corrected chi connectivity index (χ0v) is 27.6. The molecule has 1 amide bonds. The number of benzene rings is 3. The van der Waals surface area contributed by atoms with Gasteiger partial charge >= 0.3 is 5.97 Å². The van der Waals surface area contributed by atoms with Gasteiger partial charge in [-0.05, 0) is 53.9 Å². The lowest BCUT2D eigenvalue weighted by molar-refractivity contribution is -0.141. The van der Waals surface area contributed by atoms with Crippen LogP contribution in [0.4, 0.5) is 0 Å². The molecule has 6 rings (SSSR count). The lowest BCUT2D eigenvalue weighted by atomic mass is 9.87. The number of hydrogen-bond donors (Lipinski definition) is 2. The molecule has 1 spiro atoms. The minimum Gasteiger partial charge on any atom is -0.497 e. The number of rotatable bonds is 11. The molecular weight excluding hydrogens is 647 g/mol. The first kappa shape index (κ1) is 33.2. The van der Waals surface area contributed by atoms with E-state index in [4.69, 9.17) is 42.1 Å². The third-order valence-corrected chi connectivity index (χ3v) is 9.70. The molecule has 2 N–H and O–H groups in total. The van der Waals surface area contributed by atoms with Crippen LogP contribution in [0, 0.1) is 5.92 Å². The highest BCUT2D eigenvalue weighted by molar-refractivity contribution is 6.32. The molecule has 3 aliphatic heterocycles. The largest absolute Gasteiger partial charge is 0.497 e. The van der Waals surface area contributed by atoms with E-state index in [1.54, 1.807) is 13.2 Å².